The number of hydrogen-bond donors (Lipinski definition) is 3. The zero-order valence-electron chi connectivity index (χ0n) is 13.0. The highest BCUT2D eigenvalue weighted by atomic mass is 127. The maximum absolute atomic E-state index is 10.8. The standard InChI is InChI=1S/C17H14IN5O2/c18-12-3-1-2-4-13(12)21-15-9-14(11-5-7-19-8-6-11)22-17(23-15)20-10-16(24)25/h1-9H,10H2,(H,24,25)(H2,20,21,22,23). The summed E-state index contributed by atoms with van der Waals surface area (Å²) in [6.07, 6.45) is 3.35. The third kappa shape index (κ3) is 4.63. The number of benzene rings is 1. The Kier molecular flexibility index (Phi) is 5.39. The van der Waals surface area contributed by atoms with E-state index in [0.29, 0.717) is 11.5 Å². The lowest BCUT2D eigenvalue weighted by Crippen LogP contribution is -2.15. The summed E-state index contributed by atoms with van der Waals surface area (Å²) < 4.78 is 1.05. The summed E-state index contributed by atoms with van der Waals surface area (Å²) in [7, 11) is 0. The van der Waals surface area contributed by atoms with E-state index >= 15 is 0 Å². The van der Waals surface area contributed by atoms with Crippen LogP contribution in [-0.4, -0.2) is 32.6 Å². The molecule has 0 saturated carbocycles. The number of aromatic nitrogens is 3. The molecule has 0 bridgehead atoms. The van der Waals surface area contributed by atoms with Gasteiger partial charge in [-0.15, -0.1) is 0 Å². The fourth-order valence-corrected chi connectivity index (χ4v) is 2.64. The van der Waals surface area contributed by atoms with Crippen LogP contribution in [0.2, 0.25) is 0 Å². The van der Waals surface area contributed by atoms with Gasteiger partial charge in [0, 0.05) is 27.6 Å². The quantitative estimate of drug-likeness (QED) is 0.499. The molecule has 3 N–H and O–H groups in total. The Balaban J connectivity index is 1.97. The largest absolute Gasteiger partial charge is 0.480 e. The van der Waals surface area contributed by atoms with Crippen LogP contribution in [0.1, 0.15) is 0 Å². The second kappa shape index (κ2) is 7.88. The van der Waals surface area contributed by atoms with Crippen LogP contribution in [-0.2, 0) is 4.79 Å². The Morgan fingerprint density at radius 2 is 1.88 bits per heavy atom. The van der Waals surface area contributed by atoms with Gasteiger partial charge in [-0.1, -0.05) is 12.1 Å². The molecule has 126 valence electrons. The average molecular weight is 447 g/mol. The lowest BCUT2D eigenvalue weighted by molar-refractivity contribution is -0.134. The average Bonchev–Trinajstić information content (AvgIpc) is 2.62. The molecule has 0 saturated heterocycles. The number of pyridine rings is 1. The van der Waals surface area contributed by atoms with Crippen LogP contribution in [0.5, 0.6) is 0 Å². The number of nitrogens with one attached hydrogen (secondary N) is 2. The first-order chi connectivity index (χ1) is 12.1. The maximum atomic E-state index is 10.8. The van der Waals surface area contributed by atoms with E-state index in [1.54, 1.807) is 12.4 Å². The topological polar surface area (TPSA) is 100 Å². The third-order valence-electron chi connectivity index (χ3n) is 3.24. The summed E-state index contributed by atoms with van der Waals surface area (Å²) in [6, 6.07) is 13.3. The minimum absolute atomic E-state index is 0.241. The first-order valence-electron chi connectivity index (χ1n) is 7.38. The number of para-hydroxylation sites is 1. The predicted octanol–water partition coefficient (Wildman–Crippen LogP) is 3.38. The van der Waals surface area contributed by atoms with E-state index in [1.807, 2.05) is 42.5 Å². The number of aliphatic carboxylic acids is 1. The Hall–Kier alpha value is -2.75. The first kappa shape index (κ1) is 17.1. The van der Waals surface area contributed by atoms with Gasteiger partial charge in [-0.05, 0) is 46.9 Å². The third-order valence-corrected chi connectivity index (χ3v) is 4.18. The second-order valence-electron chi connectivity index (χ2n) is 5.05. The number of carbonyl (C=O) groups is 1. The monoisotopic (exact) mass is 447 g/mol. The van der Waals surface area contributed by atoms with Crippen LogP contribution in [0, 0.1) is 3.57 Å². The number of rotatable bonds is 6. The normalized spacial score (nSPS) is 10.3. The molecule has 0 fully saturated rings. The lowest BCUT2D eigenvalue weighted by atomic mass is 10.2. The molecule has 0 unspecified atom stereocenters. The van der Waals surface area contributed by atoms with Gasteiger partial charge in [-0.2, -0.15) is 4.98 Å². The van der Waals surface area contributed by atoms with Crippen LogP contribution in [0.3, 0.4) is 0 Å². The molecule has 3 aromatic rings. The molecule has 7 nitrogen and oxygen atoms in total. The highest BCUT2D eigenvalue weighted by Gasteiger charge is 2.09. The van der Waals surface area contributed by atoms with Crippen molar-refractivity contribution >= 4 is 46.0 Å². The van der Waals surface area contributed by atoms with Crippen LogP contribution in [0.15, 0.2) is 54.9 Å². The van der Waals surface area contributed by atoms with E-state index in [4.69, 9.17) is 5.11 Å². The van der Waals surface area contributed by atoms with Gasteiger partial charge in [0.1, 0.15) is 12.4 Å². The highest BCUT2D eigenvalue weighted by molar-refractivity contribution is 14.1. The molecule has 0 atom stereocenters. The molecule has 0 spiro atoms. The molecule has 0 aliphatic carbocycles. The van der Waals surface area contributed by atoms with Gasteiger partial charge >= 0.3 is 5.97 Å². The van der Waals surface area contributed by atoms with E-state index < -0.39 is 5.97 Å². The van der Waals surface area contributed by atoms with Crippen molar-refractivity contribution in [1.82, 2.24) is 15.0 Å². The van der Waals surface area contributed by atoms with Crippen LogP contribution in [0.25, 0.3) is 11.3 Å². The van der Waals surface area contributed by atoms with Gasteiger partial charge in [-0.25, -0.2) is 4.98 Å². The molecule has 0 amide bonds. The van der Waals surface area contributed by atoms with Gasteiger partial charge in [-0.3, -0.25) is 9.78 Å². The van der Waals surface area contributed by atoms with E-state index in [2.05, 4.69) is 48.2 Å². The molecule has 0 aliphatic rings. The van der Waals surface area contributed by atoms with Crippen molar-refractivity contribution in [3.63, 3.8) is 0 Å². The van der Waals surface area contributed by atoms with E-state index in [9.17, 15) is 4.79 Å². The van der Waals surface area contributed by atoms with E-state index in [1.165, 1.54) is 0 Å². The van der Waals surface area contributed by atoms with Gasteiger partial charge in [0.2, 0.25) is 5.95 Å². The van der Waals surface area contributed by atoms with Crippen molar-refractivity contribution in [3.8, 4) is 11.3 Å². The summed E-state index contributed by atoms with van der Waals surface area (Å²) in [5, 5.41) is 14.8. The van der Waals surface area contributed by atoms with Crippen molar-refractivity contribution in [2.24, 2.45) is 0 Å². The minimum atomic E-state index is -0.981. The minimum Gasteiger partial charge on any atom is -0.480 e. The number of anilines is 3. The predicted molar refractivity (Wildman–Crippen MR) is 104 cm³/mol. The molecule has 2 heterocycles. The molecule has 25 heavy (non-hydrogen) atoms. The Morgan fingerprint density at radius 3 is 2.60 bits per heavy atom. The lowest BCUT2D eigenvalue weighted by Gasteiger charge is -2.11. The van der Waals surface area contributed by atoms with Crippen molar-refractivity contribution in [2.75, 3.05) is 17.2 Å². The van der Waals surface area contributed by atoms with Crippen LogP contribution < -0.4 is 10.6 Å². The van der Waals surface area contributed by atoms with E-state index in [0.717, 1.165) is 14.8 Å². The van der Waals surface area contributed by atoms with Crippen molar-refractivity contribution in [1.29, 1.82) is 0 Å². The van der Waals surface area contributed by atoms with Crippen LogP contribution in [0.4, 0.5) is 17.5 Å². The molecule has 1 aromatic carbocycles. The number of carboxylic acids is 1. The Labute approximate surface area is 157 Å². The maximum Gasteiger partial charge on any atom is 0.322 e. The van der Waals surface area contributed by atoms with Gasteiger partial charge in [0.15, 0.2) is 0 Å². The zero-order valence-corrected chi connectivity index (χ0v) is 15.1. The van der Waals surface area contributed by atoms with Gasteiger partial charge in [0.05, 0.1) is 11.4 Å². The smallest absolute Gasteiger partial charge is 0.322 e. The number of hydrogen-bond acceptors (Lipinski definition) is 6. The molecule has 3 rings (SSSR count). The molecule has 0 aliphatic heterocycles. The number of carboxylic acid groups (broad SMARTS) is 1. The summed E-state index contributed by atoms with van der Waals surface area (Å²) in [5.74, 6) is -0.172. The molecule has 0 radical (unpaired) electrons. The highest BCUT2D eigenvalue weighted by Crippen LogP contribution is 2.25. The molecular formula is C17H14IN5O2. The molecule has 2 aromatic heterocycles. The Morgan fingerprint density at radius 1 is 1.12 bits per heavy atom. The molecular weight excluding hydrogens is 433 g/mol. The summed E-state index contributed by atoms with van der Waals surface area (Å²) in [4.78, 5) is 23.5. The van der Waals surface area contributed by atoms with Crippen molar-refractivity contribution < 1.29 is 9.90 Å². The van der Waals surface area contributed by atoms with Crippen molar-refractivity contribution in [2.45, 2.75) is 0 Å². The molecule has 8 heteroatoms. The summed E-state index contributed by atoms with van der Waals surface area (Å²) in [5.41, 5.74) is 2.44. The SMILES string of the molecule is O=C(O)CNc1nc(Nc2ccccc2I)cc(-c2ccncc2)n1. The fourth-order valence-electron chi connectivity index (χ4n) is 2.12. The Bertz CT molecular complexity index is 889. The second-order valence-corrected chi connectivity index (χ2v) is 6.21. The number of nitrogens with zero attached hydrogens (tertiary/aromatic N) is 3. The summed E-state index contributed by atoms with van der Waals surface area (Å²) in [6.45, 7) is -0.262. The zero-order chi connectivity index (χ0) is 17.6. The van der Waals surface area contributed by atoms with E-state index in [-0.39, 0.29) is 12.5 Å². The van der Waals surface area contributed by atoms with Gasteiger partial charge < -0.3 is 15.7 Å². The fraction of sp³-hybridized carbons (Fsp3) is 0.0588. The van der Waals surface area contributed by atoms with Crippen LogP contribution >= 0.6 is 22.6 Å². The van der Waals surface area contributed by atoms with Crippen molar-refractivity contribution in [3.05, 3.63) is 58.4 Å². The summed E-state index contributed by atoms with van der Waals surface area (Å²) >= 11 is 2.23. The first-order valence-corrected chi connectivity index (χ1v) is 8.46. The van der Waals surface area contributed by atoms with Gasteiger partial charge in [0.25, 0.3) is 0 Å². The number of halogens is 1.